The Morgan fingerprint density at radius 2 is 2.00 bits per heavy atom. The van der Waals surface area contributed by atoms with Crippen LogP contribution in [0.2, 0.25) is 5.02 Å². The second kappa shape index (κ2) is 4.54. The van der Waals surface area contributed by atoms with E-state index in [0.717, 1.165) is 0 Å². The monoisotopic (exact) mass is 233 g/mol. The summed E-state index contributed by atoms with van der Waals surface area (Å²) in [5, 5.41) is 0.130. The van der Waals surface area contributed by atoms with Crippen molar-refractivity contribution in [2.75, 3.05) is 6.54 Å². The fourth-order valence-corrected chi connectivity index (χ4v) is 2.35. The summed E-state index contributed by atoms with van der Waals surface area (Å²) in [4.78, 5) is 9.98. The van der Waals surface area contributed by atoms with Gasteiger partial charge < -0.3 is 4.79 Å². The maximum atomic E-state index is 11.5. The van der Waals surface area contributed by atoms with E-state index >= 15 is 0 Å². The van der Waals surface area contributed by atoms with E-state index in [1.807, 2.05) is 0 Å². The van der Waals surface area contributed by atoms with E-state index in [1.165, 1.54) is 12.1 Å². The van der Waals surface area contributed by atoms with Crippen LogP contribution in [-0.2, 0) is 14.8 Å². The largest absolute Gasteiger partial charge is 0.302 e. The van der Waals surface area contributed by atoms with Gasteiger partial charge in [0.25, 0.3) is 0 Å². The van der Waals surface area contributed by atoms with Gasteiger partial charge in [0.05, 0.1) is 11.6 Å². The standard InChI is InChI=1S/C8H8ClNO3S/c9-7-3-1-2-4-8(7)14(12,13)10-5-6-11/h1-4,6,10H,5H2. The summed E-state index contributed by atoms with van der Waals surface area (Å²) in [6, 6.07) is 6.02. The number of carbonyl (C=O) groups is 1. The van der Waals surface area contributed by atoms with Gasteiger partial charge in [0.15, 0.2) is 0 Å². The van der Waals surface area contributed by atoms with Crippen LogP contribution in [0.25, 0.3) is 0 Å². The maximum Gasteiger partial charge on any atom is 0.242 e. The number of hydrogen-bond donors (Lipinski definition) is 1. The van der Waals surface area contributed by atoms with Crippen LogP contribution in [0.15, 0.2) is 29.2 Å². The molecule has 0 heterocycles. The van der Waals surface area contributed by atoms with Crippen molar-refractivity contribution >= 4 is 27.9 Å². The summed E-state index contributed by atoms with van der Waals surface area (Å²) in [6.45, 7) is -0.256. The van der Waals surface area contributed by atoms with Crippen molar-refractivity contribution in [1.82, 2.24) is 4.72 Å². The fourth-order valence-electron chi connectivity index (χ4n) is 0.884. The van der Waals surface area contributed by atoms with Gasteiger partial charge in [0.2, 0.25) is 10.0 Å². The summed E-state index contributed by atoms with van der Waals surface area (Å²) < 4.78 is 25.0. The molecule has 76 valence electrons. The van der Waals surface area contributed by atoms with Crippen LogP contribution in [0, 0.1) is 0 Å². The number of rotatable bonds is 4. The molecule has 0 aliphatic rings. The predicted molar refractivity (Wildman–Crippen MR) is 52.7 cm³/mol. The van der Waals surface area contributed by atoms with Crippen LogP contribution in [0.1, 0.15) is 0 Å². The molecule has 0 aliphatic carbocycles. The summed E-state index contributed by atoms with van der Waals surface area (Å²) in [5.41, 5.74) is 0. The average Bonchev–Trinajstić information content (AvgIpc) is 2.15. The number of hydrogen-bond acceptors (Lipinski definition) is 3. The van der Waals surface area contributed by atoms with E-state index in [1.54, 1.807) is 12.1 Å². The molecule has 0 radical (unpaired) electrons. The zero-order valence-electron chi connectivity index (χ0n) is 7.10. The third kappa shape index (κ3) is 2.54. The van der Waals surface area contributed by atoms with E-state index in [4.69, 9.17) is 11.6 Å². The first-order valence-corrected chi connectivity index (χ1v) is 5.62. The van der Waals surface area contributed by atoms with E-state index in [9.17, 15) is 13.2 Å². The Kier molecular flexibility index (Phi) is 3.62. The molecule has 14 heavy (non-hydrogen) atoms. The molecular weight excluding hydrogens is 226 g/mol. The lowest BCUT2D eigenvalue weighted by molar-refractivity contribution is -0.106. The number of nitrogens with one attached hydrogen (secondary N) is 1. The van der Waals surface area contributed by atoms with Crippen molar-refractivity contribution in [2.24, 2.45) is 0 Å². The molecule has 0 fully saturated rings. The molecule has 1 N–H and O–H groups in total. The summed E-state index contributed by atoms with van der Waals surface area (Å²) >= 11 is 5.68. The Morgan fingerprint density at radius 3 is 2.57 bits per heavy atom. The Labute approximate surface area is 86.9 Å². The van der Waals surface area contributed by atoms with E-state index in [-0.39, 0.29) is 16.5 Å². The molecule has 6 heteroatoms. The lowest BCUT2D eigenvalue weighted by Gasteiger charge is -2.04. The highest BCUT2D eigenvalue weighted by molar-refractivity contribution is 7.89. The molecule has 0 saturated carbocycles. The molecule has 0 amide bonds. The Hall–Kier alpha value is -0.910. The first-order chi connectivity index (χ1) is 6.58. The molecule has 0 aromatic heterocycles. The van der Waals surface area contributed by atoms with Gasteiger partial charge in [-0.05, 0) is 12.1 Å². The Morgan fingerprint density at radius 1 is 1.36 bits per heavy atom. The van der Waals surface area contributed by atoms with E-state index in [2.05, 4.69) is 4.72 Å². The van der Waals surface area contributed by atoms with Gasteiger partial charge >= 0.3 is 0 Å². The quantitative estimate of drug-likeness (QED) is 0.783. The molecule has 0 bridgehead atoms. The van der Waals surface area contributed by atoms with Crippen molar-refractivity contribution in [3.63, 3.8) is 0 Å². The number of benzene rings is 1. The highest BCUT2D eigenvalue weighted by Crippen LogP contribution is 2.19. The van der Waals surface area contributed by atoms with Crippen LogP contribution >= 0.6 is 11.6 Å². The molecule has 0 atom stereocenters. The lowest BCUT2D eigenvalue weighted by atomic mass is 10.4. The van der Waals surface area contributed by atoms with E-state index < -0.39 is 10.0 Å². The van der Waals surface area contributed by atoms with Crippen molar-refractivity contribution in [3.8, 4) is 0 Å². The molecular formula is C8H8ClNO3S. The van der Waals surface area contributed by atoms with E-state index in [0.29, 0.717) is 6.29 Å². The number of aldehydes is 1. The van der Waals surface area contributed by atoms with Gasteiger partial charge in [-0.15, -0.1) is 0 Å². The van der Waals surface area contributed by atoms with Gasteiger partial charge in [0, 0.05) is 0 Å². The first-order valence-electron chi connectivity index (χ1n) is 3.76. The summed E-state index contributed by atoms with van der Waals surface area (Å²) in [7, 11) is -3.67. The SMILES string of the molecule is O=CCNS(=O)(=O)c1ccccc1Cl. The van der Waals surface area contributed by atoms with Crippen molar-refractivity contribution in [3.05, 3.63) is 29.3 Å². The van der Waals surface area contributed by atoms with Gasteiger partial charge in [-0.25, -0.2) is 13.1 Å². The fraction of sp³-hybridized carbons (Fsp3) is 0.125. The van der Waals surface area contributed by atoms with Gasteiger partial charge in [-0.2, -0.15) is 0 Å². The zero-order chi connectivity index (χ0) is 10.6. The van der Waals surface area contributed by atoms with Crippen LogP contribution in [0.5, 0.6) is 0 Å². The minimum Gasteiger partial charge on any atom is -0.302 e. The Bertz CT molecular complexity index is 430. The van der Waals surface area contributed by atoms with Crippen LogP contribution in [-0.4, -0.2) is 21.2 Å². The number of halogens is 1. The molecule has 0 aliphatic heterocycles. The highest BCUT2D eigenvalue weighted by Gasteiger charge is 2.15. The van der Waals surface area contributed by atoms with Crippen molar-refractivity contribution in [1.29, 1.82) is 0 Å². The number of sulfonamides is 1. The normalized spacial score (nSPS) is 11.2. The molecule has 0 unspecified atom stereocenters. The molecule has 1 aromatic carbocycles. The van der Waals surface area contributed by atoms with Crippen LogP contribution in [0.4, 0.5) is 0 Å². The average molecular weight is 234 g/mol. The maximum absolute atomic E-state index is 11.5. The third-order valence-corrected chi connectivity index (χ3v) is 3.41. The summed E-state index contributed by atoms with van der Waals surface area (Å²) in [6.07, 6.45) is 0.467. The van der Waals surface area contributed by atoms with Gasteiger partial charge in [-0.1, -0.05) is 23.7 Å². The minimum absolute atomic E-state index is 0.0245. The minimum atomic E-state index is -3.67. The van der Waals surface area contributed by atoms with Gasteiger partial charge in [-0.3, -0.25) is 0 Å². The van der Waals surface area contributed by atoms with Gasteiger partial charge in [0.1, 0.15) is 11.2 Å². The van der Waals surface area contributed by atoms with Crippen molar-refractivity contribution < 1.29 is 13.2 Å². The first kappa shape index (κ1) is 11.2. The van der Waals surface area contributed by atoms with Crippen LogP contribution in [0.3, 0.4) is 0 Å². The molecule has 1 rings (SSSR count). The molecule has 1 aromatic rings. The Balaban J connectivity index is 3.04. The summed E-state index contributed by atoms with van der Waals surface area (Å²) in [5.74, 6) is 0. The second-order valence-corrected chi connectivity index (χ2v) is 4.59. The zero-order valence-corrected chi connectivity index (χ0v) is 8.68. The third-order valence-electron chi connectivity index (χ3n) is 1.48. The smallest absolute Gasteiger partial charge is 0.242 e. The lowest BCUT2D eigenvalue weighted by Crippen LogP contribution is -2.25. The topological polar surface area (TPSA) is 63.2 Å². The molecule has 0 spiro atoms. The number of carbonyl (C=O) groups excluding carboxylic acids is 1. The highest BCUT2D eigenvalue weighted by atomic mass is 35.5. The van der Waals surface area contributed by atoms with Crippen molar-refractivity contribution in [2.45, 2.75) is 4.90 Å². The second-order valence-electron chi connectivity index (χ2n) is 2.45. The molecule has 0 saturated heterocycles. The predicted octanol–water partition coefficient (Wildman–Crippen LogP) is 0.817. The van der Waals surface area contributed by atoms with Crippen LogP contribution < -0.4 is 4.72 Å². The molecule has 4 nitrogen and oxygen atoms in total.